The van der Waals surface area contributed by atoms with Crippen LogP contribution in [0.3, 0.4) is 0 Å². The van der Waals surface area contributed by atoms with Crippen LogP contribution in [0.5, 0.6) is 0 Å². The fourth-order valence-electron chi connectivity index (χ4n) is 2.26. The van der Waals surface area contributed by atoms with Crippen molar-refractivity contribution in [1.82, 2.24) is 14.7 Å². The topological polar surface area (TPSA) is 46.4 Å². The van der Waals surface area contributed by atoms with Crippen LogP contribution in [0.15, 0.2) is 53.3 Å². The van der Waals surface area contributed by atoms with Gasteiger partial charge in [0.15, 0.2) is 0 Å². The minimum absolute atomic E-state index is 0.292. The second-order valence-electron chi connectivity index (χ2n) is 4.83. The average Bonchev–Trinajstić information content (AvgIpc) is 2.90. The van der Waals surface area contributed by atoms with Gasteiger partial charge in [0.1, 0.15) is 11.6 Å². The van der Waals surface area contributed by atoms with Crippen LogP contribution in [0.1, 0.15) is 16.2 Å². The summed E-state index contributed by atoms with van der Waals surface area (Å²) in [6.45, 7) is 0.432. The molecule has 1 N–H and O–H groups in total. The maximum Gasteiger partial charge on any atom is 0.251 e. The van der Waals surface area contributed by atoms with E-state index in [9.17, 15) is 9.18 Å². The van der Waals surface area contributed by atoms with E-state index in [1.807, 2.05) is 28.8 Å². The SMILES string of the molecule is O=C(NCCc1ncc2ccccn12)c1cc(F)cc(Br)c1. The molecule has 3 aromatic rings. The van der Waals surface area contributed by atoms with Crippen LogP contribution >= 0.6 is 15.9 Å². The summed E-state index contributed by atoms with van der Waals surface area (Å²) in [5, 5.41) is 2.78. The number of nitrogens with one attached hydrogen (secondary N) is 1. The zero-order chi connectivity index (χ0) is 15.5. The maximum absolute atomic E-state index is 13.3. The molecule has 1 aromatic carbocycles. The maximum atomic E-state index is 13.3. The molecule has 0 aliphatic heterocycles. The van der Waals surface area contributed by atoms with E-state index in [0.29, 0.717) is 23.0 Å². The molecule has 0 radical (unpaired) electrons. The monoisotopic (exact) mass is 361 g/mol. The van der Waals surface area contributed by atoms with Crippen molar-refractivity contribution in [3.05, 3.63) is 70.5 Å². The number of hydrogen-bond donors (Lipinski definition) is 1. The highest BCUT2D eigenvalue weighted by Gasteiger charge is 2.09. The lowest BCUT2D eigenvalue weighted by Gasteiger charge is -2.06. The van der Waals surface area contributed by atoms with E-state index >= 15 is 0 Å². The Kier molecular flexibility index (Phi) is 4.20. The molecular formula is C16H13BrFN3O. The first-order valence-corrected chi connectivity index (χ1v) is 7.58. The lowest BCUT2D eigenvalue weighted by Crippen LogP contribution is -2.26. The van der Waals surface area contributed by atoms with Gasteiger partial charge in [-0.2, -0.15) is 0 Å². The van der Waals surface area contributed by atoms with Gasteiger partial charge in [-0.15, -0.1) is 0 Å². The molecule has 2 aromatic heterocycles. The van der Waals surface area contributed by atoms with E-state index in [0.717, 1.165) is 11.3 Å². The van der Waals surface area contributed by atoms with Gasteiger partial charge in [0.25, 0.3) is 5.91 Å². The predicted octanol–water partition coefficient (Wildman–Crippen LogP) is 3.21. The molecule has 2 heterocycles. The fourth-order valence-corrected chi connectivity index (χ4v) is 2.72. The summed E-state index contributed by atoms with van der Waals surface area (Å²) in [6, 6.07) is 9.96. The molecular weight excluding hydrogens is 349 g/mol. The number of aromatic nitrogens is 2. The molecule has 0 atom stereocenters. The van der Waals surface area contributed by atoms with E-state index in [1.165, 1.54) is 12.1 Å². The summed E-state index contributed by atoms with van der Waals surface area (Å²) in [7, 11) is 0. The highest BCUT2D eigenvalue weighted by molar-refractivity contribution is 9.10. The number of fused-ring (bicyclic) bond motifs is 1. The first-order chi connectivity index (χ1) is 10.6. The quantitative estimate of drug-likeness (QED) is 0.775. The van der Waals surface area contributed by atoms with Gasteiger partial charge in [-0.25, -0.2) is 9.37 Å². The highest BCUT2D eigenvalue weighted by Crippen LogP contribution is 2.14. The number of nitrogens with zero attached hydrogens (tertiary/aromatic N) is 2. The molecule has 0 bridgehead atoms. The number of halogens is 2. The van der Waals surface area contributed by atoms with E-state index < -0.39 is 5.82 Å². The summed E-state index contributed by atoms with van der Waals surface area (Å²) in [5.41, 5.74) is 1.30. The number of hydrogen-bond acceptors (Lipinski definition) is 2. The third kappa shape index (κ3) is 3.17. The lowest BCUT2D eigenvalue weighted by atomic mass is 10.2. The molecule has 0 saturated heterocycles. The molecule has 0 spiro atoms. The fraction of sp³-hybridized carbons (Fsp3) is 0.125. The number of imidazole rings is 1. The standard InChI is InChI=1S/C16H13BrFN3O/c17-12-7-11(8-13(18)9-12)16(22)19-5-4-15-20-10-14-3-1-2-6-21(14)15/h1-3,6-10H,4-5H2,(H,19,22). The molecule has 1 amide bonds. The van der Waals surface area contributed by atoms with Crippen molar-refractivity contribution in [3.8, 4) is 0 Å². The van der Waals surface area contributed by atoms with Gasteiger partial charge in [-0.3, -0.25) is 4.79 Å². The highest BCUT2D eigenvalue weighted by atomic mass is 79.9. The van der Waals surface area contributed by atoms with Crippen molar-refractivity contribution in [2.45, 2.75) is 6.42 Å². The summed E-state index contributed by atoms with van der Waals surface area (Å²) in [6.07, 6.45) is 4.32. The van der Waals surface area contributed by atoms with Crippen molar-refractivity contribution in [1.29, 1.82) is 0 Å². The van der Waals surface area contributed by atoms with Crippen LogP contribution in [0.4, 0.5) is 4.39 Å². The molecule has 6 heteroatoms. The Hall–Kier alpha value is -2.21. The smallest absolute Gasteiger partial charge is 0.251 e. The summed E-state index contributed by atoms with van der Waals surface area (Å²) in [5.74, 6) is 0.121. The number of amides is 1. The Balaban J connectivity index is 1.64. The van der Waals surface area contributed by atoms with Gasteiger partial charge in [0, 0.05) is 29.2 Å². The predicted molar refractivity (Wildman–Crippen MR) is 85.3 cm³/mol. The van der Waals surface area contributed by atoms with E-state index in [2.05, 4.69) is 26.2 Å². The molecule has 0 unspecified atom stereocenters. The second-order valence-corrected chi connectivity index (χ2v) is 5.75. The van der Waals surface area contributed by atoms with Crippen LogP contribution in [0.25, 0.3) is 5.52 Å². The Bertz CT molecular complexity index is 811. The second kappa shape index (κ2) is 6.27. The largest absolute Gasteiger partial charge is 0.352 e. The van der Waals surface area contributed by atoms with Crippen molar-refractivity contribution < 1.29 is 9.18 Å². The molecule has 0 aliphatic rings. The minimum Gasteiger partial charge on any atom is -0.352 e. The van der Waals surface area contributed by atoms with Gasteiger partial charge in [0.2, 0.25) is 0 Å². The first kappa shape index (κ1) is 14.7. The number of pyridine rings is 1. The van der Waals surface area contributed by atoms with Crippen molar-refractivity contribution in [3.63, 3.8) is 0 Å². The molecule has 112 valence electrons. The van der Waals surface area contributed by atoms with Crippen molar-refractivity contribution in [2.24, 2.45) is 0 Å². The van der Waals surface area contributed by atoms with Crippen LogP contribution in [0, 0.1) is 5.82 Å². The van der Waals surface area contributed by atoms with Gasteiger partial charge in [-0.05, 0) is 30.3 Å². The Morgan fingerprint density at radius 3 is 3.00 bits per heavy atom. The number of rotatable bonds is 4. The van der Waals surface area contributed by atoms with E-state index in [4.69, 9.17) is 0 Å². The molecule has 0 fully saturated rings. The number of carbonyl (C=O) groups excluding carboxylic acids is 1. The van der Waals surface area contributed by atoms with Crippen LogP contribution in [-0.4, -0.2) is 21.8 Å². The molecule has 22 heavy (non-hydrogen) atoms. The Labute approximate surface area is 135 Å². The van der Waals surface area contributed by atoms with Crippen LogP contribution < -0.4 is 5.32 Å². The summed E-state index contributed by atoms with van der Waals surface area (Å²) < 4.78 is 15.8. The van der Waals surface area contributed by atoms with E-state index in [1.54, 1.807) is 12.3 Å². The third-order valence-corrected chi connectivity index (χ3v) is 3.73. The number of carbonyl (C=O) groups is 1. The van der Waals surface area contributed by atoms with E-state index in [-0.39, 0.29) is 5.91 Å². The van der Waals surface area contributed by atoms with Gasteiger partial charge in [0.05, 0.1) is 11.7 Å². The molecule has 3 rings (SSSR count). The first-order valence-electron chi connectivity index (χ1n) is 6.79. The zero-order valence-electron chi connectivity index (χ0n) is 11.6. The normalized spacial score (nSPS) is 10.8. The van der Waals surface area contributed by atoms with Gasteiger partial charge >= 0.3 is 0 Å². The zero-order valence-corrected chi connectivity index (χ0v) is 13.2. The molecule has 0 aliphatic carbocycles. The number of benzene rings is 1. The van der Waals surface area contributed by atoms with Crippen LogP contribution in [0.2, 0.25) is 0 Å². The Morgan fingerprint density at radius 2 is 2.18 bits per heavy atom. The molecule has 4 nitrogen and oxygen atoms in total. The van der Waals surface area contributed by atoms with Crippen molar-refractivity contribution in [2.75, 3.05) is 6.54 Å². The average molecular weight is 362 g/mol. The summed E-state index contributed by atoms with van der Waals surface area (Å²) in [4.78, 5) is 16.4. The van der Waals surface area contributed by atoms with Gasteiger partial charge < -0.3 is 9.72 Å². The van der Waals surface area contributed by atoms with Gasteiger partial charge in [-0.1, -0.05) is 22.0 Å². The van der Waals surface area contributed by atoms with Crippen molar-refractivity contribution >= 4 is 27.4 Å². The Morgan fingerprint density at radius 1 is 1.32 bits per heavy atom. The van der Waals surface area contributed by atoms with Crippen LogP contribution in [-0.2, 0) is 6.42 Å². The minimum atomic E-state index is -0.446. The third-order valence-electron chi connectivity index (χ3n) is 3.27. The molecule has 0 saturated carbocycles. The summed E-state index contributed by atoms with van der Waals surface area (Å²) >= 11 is 3.17. The lowest BCUT2D eigenvalue weighted by molar-refractivity contribution is 0.0953.